The van der Waals surface area contributed by atoms with Gasteiger partial charge in [-0.2, -0.15) is 4.57 Å². The molecule has 0 saturated carbocycles. The number of hydrogen-bond acceptors (Lipinski definition) is 2. The van der Waals surface area contributed by atoms with Crippen LogP contribution in [0, 0.1) is 6.92 Å². The Morgan fingerprint density at radius 2 is 1.29 bits per heavy atom. The number of pyridine rings is 1. The number of aromatic carboxylic acids is 1. The molecule has 0 N–H and O–H groups in total. The van der Waals surface area contributed by atoms with Crippen LogP contribution in [0.1, 0.15) is 16.1 Å². The summed E-state index contributed by atoms with van der Waals surface area (Å²) < 4.78 is 1.75. The van der Waals surface area contributed by atoms with Gasteiger partial charge in [0.15, 0.2) is 0 Å². The lowest BCUT2D eigenvalue weighted by atomic mass is 10.0. The van der Waals surface area contributed by atoms with Crippen molar-refractivity contribution in [1.82, 2.24) is 0 Å². The zero-order chi connectivity index (χ0) is 19.5. The molecule has 28 heavy (non-hydrogen) atoms. The maximum Gasteiger partial charge on any atom is 0.235 e. The summed E-state index contributed by atoms with van der Waals surface area (Å²) in [5, 5.41) is 12.1. The zero-order valence-corrected chi connectivity index (χ0v) is 15.5. The zero-order valence-electron chi connectivity index (χ0n) is 15.5. The average molecular weight is 365 g/mol. The minimum absolute atomic E-state index is 0.115. The average Bonchev–Trinajstić information content (AvgIpc) is 2.75. The van der Waals surface area contributed by atoms with Crippen LogP contribution in [0.25, 0.3) is 28.1 Å². The topological polar surface area (TPSA) is 44.0 Å². The van der Waals surface area contributed by atoms with Gasteiger partial charge in [0.05, 0.1) is 0 Å². The van der Waals surface area contributed by atoms with E-state index < -0.39 is 5.97 Å². The van der Waals surface area contributed by atoms with Crippen molar-refractivity contribution >= 4 is 5.97 Å². The predicted octanol–water partition coefficient (Wildman–Crippen LogP) is 3.97. The second-order valence-corrected chi connectivity index (χ2v) is 6.70. The fourth-order valence-corrected chi connectivity index (χ4v) is 3.34. The summed E-state index contributed by atoms with van der Waals surface area (Å²) in [5.74, 6) is -1.21. The van der Waals surface area contributed by atoms with E-state index in [1.165, 1.54) is 0 Å². The maximum atomic E-state index is 12.1. The molecule has 0 unspecified atom stereocenters. The maximum absolute atomic E-state index is 12.1. The number of carbonyl (C=O) groups excluding carboxylic acids is 1. The van der Waals surface area contributed by atoms with E-state index in [2.05, 4.69) is 0 Å². The van der Waals surface area contributed by atoms with Crippen LogP contribution in [-0.2, 0) is 0 Å². The highest BCUT2D eigenvalue weighted by Crippen LogP contribution is 2.26. The molecule has 4 aromatic rings. The molecule has 136 valence electrons. The molecule has 0 fully saturated rings. The van der Waals surface area contributed by atoms with Crippen molar-refractivity contribution in [3.8, 4) is 28.1 Å². The van der Waals surface area contributed by atoms with E-state index in [4.69, 9.17) is 0 Å². The first-order chi connectivity index (χ1) is 13.6. The van der Waals surface area contributed by atoms with E-state index >= 15 is 0 Å². The van der Waals surface area contributed by atoms with Gasteiger partial charge in [-0.25, -0.2) is 0 Å². The summed E-state index contributed by atoms with van der Waals surface area (Å²) in [6.07, 6.45) is 0. The van der Waals surface area contributed by atoms with Crippen molar-refractivity contribution in [3.63, 3.8) is 0 Å². The summed E-state index contributed by atoms with van der Waals surface area (Å²) in [5.41, 5.74) is 5.53. The third-order valence-electron chi connectivity index (χ3n) is 4.74. The van der Waals surface area contributed by atoms with Crippen LogP contribution in [-0.4, -0.2) is 5.97 Å². The molecule has 3 aromatic carbocycles. The van der Waals surface area contributed by atoms with Crippen LogP contribution >= 0.6 is 0 Å². The number of carbonyl (C=O) groups is 1. The molecule has 0 radical (unpaired) electrons. The fourth-order valence-electron chi connectivity index (χ4n) is 3.34. The number of aryl methyl sites for hydroxylation is 1. The highest BCUT2D eigenvalue weighted by atomic mass is 16.4. The van der Waals surface area contributed by atoms with E-state index in [0.717, 1.165) is 33.6 Å². The molecular formula is C25H19NO2. The minimum atomic E-state index is -1.21. The Hall–Kier alpha value is -3.72. The molecule has 0 atom stereocenters. The molecule has 0 saturated heterocycles. The number of carboxylic acids is 1. The van der Waals surface area contributed by atoms with E-state index in [1.807, 2.05) is 97.9 Å². The van der Waals surface area contributed by atoms with Gasteiger partial charge in [-0.15, -0.1) is 0 Å². The number of hydrogen-bond donors (Lipinski definition) is 0. The van der Waals surface area contributed by atoms with Crippen molar-refractivity contribution in [1.29, 1.82) is 0 Å². The fraction of sp³-hybridized carbons (Fsp3) is 0.0400. The normalized spacial score (nSPS) is 10.6. The monoisotopic (exact) mass is 365 g/mol. The van der Waals surface area contributed by atoms with Crippen molar-refractivity contribution < 1.29 is 14.5 Å². The number of carboxylic acid groups (broad SMARTS) is 1. The molecule has 0 aliphatic rings. The van der Waals surface area contributed by atoms with Crippen molar-refractivity contribution in [2.45, 2.75) is 6.92 Å². The molecule has 0 amide bonds. The third-order valence-corrected chi connectivity index (χ3v) is 4.74. The second kappa shape index (κ2) is 7.49. The molecule has 3 nitrogen and oxygen atoms in total. The van der Waals surface area contributed by atoms with Gasteiger partial charge in [0.1, 0.15) is 5.97 Å². The Labute approximate surface area is 164 Å². The van der Waals surface area contributed by atoms with Crippen LogP contribution in [0.2, 0.25) is 0 Å². The smallest absolute Gasteiger partial charge is 0.235 e. The van der Waals surface area contributed by atoms with Gasteiger partial charge in [-0.1, -0.05) is 66.2 Å². The van der Waals surface area contributed by atoms with Gasteiger partial charge in [-0.05, 0) is 30.2 Å². The van der Waals surface area contributed by atoms with Gasteiger partial charge in [-0.3, -0.25) is 0 Å². The summed E-state index contributed by atoms with van der Waals surface area (Å²) in [6, 6.07) is 31.1. The first-order valence-corrected chi connectivity index (χ1v) is 9.13. The van der Waals surface area contributed by atoms with Crippen molar-refractivity contribution in [3.05, 3.63) is 108 Å². The summed E-state index contributed by atoms with van der Waals surface area (Å²) >= 11 is 0. The largest absolute Gasteiger partial charge is 0.539 e. The van der Waals surface area contributed by atoms with Gasteiger partial charge < -0.3 is 9.90 Å². The number of nitrogens with zero attached hydrogens (tertiary/aromatic N) is 1. The van der Waals surface area contributed by atoms with Crippen LogP contribution in [0.3, 0.4) is 0 Å². The molecule has 0 spiro atoms. The molecule has 1 aromatic heterocycles. The minimum Gasteiger partial charge on any atom is -0.539 e. The van der Waals surface area contributed by atoms with Gasteiger partial charge in [0.2, 0.25) is 17.1 Å². The first kappa shape index (κ1) is 17.7. The van der Waals surface area contributed by atoms with E-state index in [-0.39, 0.29) is 5.69 Å². The summed E-state index contributed by atoms with van der Waals surface area (Å²) in [6.45, 7) is 2.00. The van der Waals surface area contributed by atoms with Crippen LogP contribution < -0.4 is 9.67 Å². The Kier molecular flexibility index (Phi) is 4.73. The number of benzene rings is 3. The van der Waals surface area contributed by atoms with Crippen LogP contribution in [0.4, 0.5) is 0 Å². The van der Waals surface area contributed by atoms with Crippen LogP contribution in [0.5, 0.6) is 0 Å². The van der Waals surface area contributed by atoms with Gasteiger partial charge >= 0.3 is 0 Å². The summed E-state index contributed by atoms with van der Waals surface area (Å²) in [7, 11) is 0. The SMILES string of the molecule is Cc1ccc(-[n+]2c(C(=O)[O-])cc(-c3ccccc3)cc2-c2ccccc2)cc1. The van der Waals surface area contributed by atoms with Gasteiger partial charge in [0.25, 0.3) is 0 Å². The third kappa shape index (κ3) is 3.42. The van der Waals surface area contributed by atoms with Crippen molar-refractivity contribution in [2.24, 2.45) is 0 Å². The molecular weight excluding hydrogens is 346 g/mol. The van der Waals surface area contributed by atoms with E-state index in [9.17, 15) is 9.90 Å². The first-order valence-electron chi connectivity index (χ1n) is 9.13. The highest BCUT2D eigenvalue weighted by Gasteiger charge is 2.24. The Morgan fingerprint density at radius 1 is 0.714 bits per heavy atom. The Balaban J connectivity index is 2.05. The molecule has 1 heterocycles. The quantitative estimate of drug-likeness (QED) is 0.514. The van der Waals surface area contributed by atoms with Gasteiger partial charge in [0, 0.05) is 29.8 Å². The lowest BCUT2D eigenvalue weighted by Gasteiger charge is -2.12. The number of rotatable bonds is 4. The van der Waals surface area contributed by atoms with E-state index in [0.29, 0.717) is 0 Å². The van der Waals surface area contributed by atoms with E-state index in [1.54, 1.807) is 10.6 Å². The Bertz CT molecular complexity index is 1120. The lowest BCUT2D eigenvalue weighted by molar-refractivity contribution is -0.590. The highest BCUT2D eigenvalue weighted by molar-refractivity contribution is 5.85. The Morgan fingerprint density at radius 3 is 1.86 bits per heavy atom. The molecule has 0 aliphatic carbocycles. The van der Waals surface area contributed by atoms with Crippen molar-refractivity contribution in [2.75, 3.05) is 0 Å². The molecule has 4 rings (SSSR count). The molecule has 0 aliphatic heterocycles. The standard InChI is InChI=1S/C25H19NO2/c1-18-12-14-22(15-13-18)26-23(20-10-6-3-7-11-20)16-21(17-24(26)25(27)28)19-8-4-2-5-9-19/h2-17H,1H3. The summed E-state index contributed by atoms with van der Waals surface area (Å²) in [4.78, 5) is 12.1. The number of aromatic nitrogens is 1. The second-order valence-electron chi connectivity index (χ2n) is 6.70. The lowest BCUT2D eigenvalue weighted by Crippen LogP contribution is -2.44. The van der Waals surface area contributed by atoms with Crippen LogP contribution in [0.15, 0.2) is 97.1 Å². The molecule has 0 bridgehead atoms. The molecule has 3 heteroatoms. The predicted molar refractivity (Wildman–Crippen MR) is 108 cm³/mol.